The molecular formula is C34H64O4. The summed E-state index contributed by atoms with van der Waals surface area (Å²) in [5, 5.41) is 0. The highest BCUT2D eigenvalue weighted by Crippen LogP contribution is 2.14. The number of carbonyl (C=O) groups excluding carboxylic acids is 2. The largest absolute Gasteiger partial charge is 0.466 e. The zero-order valence-electron chi connectivity index (χ0n) is 25.6. The molecule has 0 bridgehead atoms. The molecule has 0 N–H and O–H groups in total. The highest BCUT2D eigenvalue weighted by Gasteiger charge is 1.97. The quantitative estimate of drug-likeness (QED) is 0.0520. The van der Waals surface area contributed by atoms with E-state index in [1.807, 2.05) is 0 Å². The minimum absolute atomic E-state index is 0.157. The van der Waals surface area contributed by atoms with Gasteiger partial charge in [-0.3, -0.25) is 9.59 Å². The third kappa shape index (κ3) is 34.7. The lowest BCUT2D eigenvalue weighted by molar-refractivity contribution is -0.142. The van der Waals surface area contributed by atoms with Gasteiger partial charge in [0.05, 0.1) is 13.2 Å². The van der Waals surface area contributed by atoms with Crippen molar-refractivity contribution in [3.05, 3.63) is 12.2 Å². The first-order chi connectivity index (χ1) is 18.6. The zero-order valence-corrected chi connectivity index (χ0v) is 25.6. The fourth-order valence-corrected chi connectivity index (χ4v) is 4.93. The van der Waals surface area contributed by atoms with Crippen LogP contribution in [0.2, 0.25) is 0 Å². The summed E-state index contributed by atoms with van der Waals surface area (Å²) in [7, 11) is 0. The highest BCUT2D eigenvalue weighted by atomic mass is 16.5. The second kappa shape index (κ2) is 31.9. The topological polar surface area (TPSA) is 52.6 Å². The van der Waals surface area contributed by atoms with Gasteiger partial charge in [0.15, 0.2) is 0 Å². The Morgan fingerprint density at radius 1 is 0.368 bits per heavy atom. The number of ether oxygens (including phenoxy) is 2. The van der Waals surface area contributed by atoms with E-state index in [2.05, 4.69) is 12.2 Å². The van der Waals surface area contributed by atoms with E-state index in [4.69, 9.17) is 9.47 Å². The first-order valence-corrected chi connectivity index (χ1v) is 16.5. The summed E-state index contributed by atoms with van der Waals surface area (Å²) in [6.45, 7) is 4.15. The van der Waals surface area contributed by atoms with Crippen molar-refractivity contribution in [2.24, 2.45) is 0 Å². The van der Waals surface area contributed by atoms with E-state index in [0.717, 1.165) is 12.8 Å². The van der Waals surface area contributed by atoms with Gasteiger partial charge in [-0.25, -0.2) is 0 Å². The second-order valence-corrected chi connectivity index (χ2v) is 11.2. The average Bonchev–Trinajstić information content (AvgIpc) is 2.89. The minimum atomic E-state index is -0.157. The number of unbranched alkanes of at least 4 members (excludes halogenated alkanes) is 24. The summed E-state index contributed by atoms with van der Waals surface area (Å²) < 4.78 is 9.92. The van der Waals surface area contributed by atoms with Crippen molar-refractivity contribution in [3.8, 4) is 0 Å². The smallest absolute Gasteiger partial charge is 0.302 e. The van der Waals surface area contributed by atoms with Crippen molar-refractivity contribution in [1.29, 1.82) is 0 Å². The number of hydrogen-bond donors (Lipinski definition) is 0. The van der Waals surface area contributed by atoms with Gasteiger partial charge in [-0.15, -0.1) is 0 Å². The monoisotopic (exact) mass is 536 g/mol. The van der Waals surface area contributed by atoms with Crippen LogP contribution in [-0.4, -0.2) is 25.2 Å². The fraction of sp³-hybridized carbons (Fsp3) is 0.882. The average molecular weight is 537 g/mol. The molecule has 224 valence electrons. The lowest BCUT2D eigenvalue weighted by Crippen LogP contribution is -2.00. The number of carbonyl (C=O) groups is 2. The van der Waals surface area contributed by atoms with Crippen LogP contribution in [0, 0.1) is 0 Å². The van der Waals surface area contributed by atoms with Gasteiger partial charge in [-0.05, 0) is 38.5 Å². The van der Waals surface area contributed by atoms with Crippen molar-refractivity contribution < 1.29 is 19.1 Å². The molecule has 0 rings (SSSR count). The molecule has 4 nitrogen and oxygen atoms in total. The van der Waals surface area contributed by atoms with E-state index >= 15 is 0 Å². The van der Waals surface area contributed by atoms with Crippen LogP contribution in [-0.2, 0) is 19.1 Å². The highest BCUT2D eigenvalue weighted by molar-refractivity contribution is 5.66. The summed E-state index contributed by atoms with van der Waals surface area (Å²) in [5.41, 5.74) is 0. The normalized spacial score (nSPS) is 11.3. The van der Waals surface area contributed by atoms with Crippen molar-refractivity contribution in [1.82, 2.24) is 0 Å². The predicted molar refractivity (Wildman–Crippen MR) is 162 cm³/mol. The molecule has 0 radical (unpaired) electrons. The van der Waals surface area contributed by atoms with Gasteiger partial charge < -0.3 is 9.47 Å². The number of esters is 2. The Kier molecular flexibility index (Phi) is 30.8. The lowest BCUT2D eigenvalue weighted by Gasteiger charge is -2.03. The van der Waals surface area contributed by atoms with Crippen LogP contribution >= 0.6 is 0 Å². The van der Waals surface area contributed by atoms with E-state index in [1.165, 1.54) is 168 Å². The molecular weight excluding hydrogens is 472 g/mol. The first kappa shape index (κ1) is 36.7. The van der Waals surface area contributed by atoms with Gasteiger partial charge in [0.25, 0.3) is 0 Å². The van der Waals surface area contributed by atoms with Crippen LogP contribution in [0.15, 0.2) is 12.2 Å². The zero-order chi connectivity index (χ0) is 27.8. The van der Waals surface area contributed by atoms with Gasteiger partial charge in [0.1, 0.15) is 0 Å². The number of allylic oxidation sites excluding steroid dienone is 2. The lowest BCUT2D eigenvalue weighted by atomic mass is 10.0. The third-order valence-corrected chi connectivity index (χ3v) is 7.31. The maximum atomic E-state index is 10.7. The summed E-state index contributed by atoms with van der Waals surface area (Å²) >= 11 is 0. The molecule has 0 amide bonds. The van der Waals surface area contributed by atoms with E-state index in [0.29, 0.717) is 13.2 Å². The molecule has 0 aliphatic carbocycles. The molecule has 0 aliphatic rings. The predicted octanol–water partition coefficient (Wildman–Crippen LogP) is 10.8. The Balaban J connectivity index is 3.10. The van der Waals surface area contributed by atoms with Crippen molar-refractivity contribution >= 4 is 11.9 Å². The molecule has 0 spiro atoms. The van der Waals surface area contributed by atoms with Gasteiger partial charge in [0.2, 0.25) is 0 Å². The van der Waals surface area contributed by atoms with Crippen molar-refractivity contribution in [2.75, 3.05) is 13.2 Å². The molecule has 0 heterocycles. The molecule has 0 unspecified atom stereocenters. The van der Waals surface area contributed by atoms with Crippen LogP contribution in [0.3, 0.4) is 0 Å². The molecule has 0 saturated carbocycles. The van der Waals surface area contributed by atoms with Crippen LogP contribution < -0.4 is 0 Å². The molecule has 0 saturated heterocycles. The molecule has 0 aromatic heterocycles. The summed E-state index contributed by atoms with van der Waals surface area (Å²) in [6.07, 6.45) is 39.2. The Morgan fingerprint density at radius 2 is 0.579 bits per heavy atom. The Bertz CT molecular complexity index is 483. The standard InChI is InChI=1S/C34H64O4/c1-33(35)37-31-29-27-25-23-21-19-17-15-13-11-9-7-5-3-4-6-8-10-12-14-16-18-20-22-24-26-28-30-32-38-34(2)36/h3-4H,5-32H2,1-2H3/b4-3+. The molecule has 0 aromatic carbocycles. The maximum Gasteiger partial charge on any atom is 0.302 e. The van der Waals surface area contributed by atoms with Crippen LogP contribution in [0.4, 0.5) is 0 Å². The van der Waals surface area contributed by atoms with Gasteiger partial charge >= 0.3 is 11.9 Å². The Morgan fingerprint density at radius 3 is 0.816 bits per heavy atom. The van der Waals surface area contributed by atoms with E-state index in [9.17, 15) is 9.59 Å². The first-order valence-electron chi connectivity index (χ1n) is 16.5. The van der Waals surface area contributed by atoms with E-state index in [-0.39, 0.29) is 11.9 Å². The van der Waals surface area contributed by atoms with Gasteiger partial charge in [-0.1, -0.05) is 141 Å². The van der Waals surface area contributed by atoms with E-state index < -0.39 is 0 Å². The van der Waals surface area contributed by atoms with Crippen LogP contribution in [0.25, 0.3) is 0 Å². The van der Waals surface area contributed by atoms with Crippen molar-refractivity contribution in [2.45, 2.75) is 181 Å². The van der Waals surface area contributed by atoms with Gasteiger partial charge in [0, 0.05) is 13.8 Å². The third-order valence-electron chi connectivity index (χ3n) is 7.31. The molecule has 0 fully saturated rings. The van der Waals surface area contributed by atoms with Gasteiger partial charge in [-0.2, -0.15) is 0 Å². The molecule has 38 heavy (non-hydrogen) atoms. The van der Waals surface area contributed by atoms with E-state index in [1.54, 1.807) is 0 Å². The molecule has 0 aromatic rings. The summed E-state index contributed by atoms with van der Waals surface area (Å²) in [4.78, 5) is 21.4. The molecule has 0 aliphatic heterocycles. The Labute approximate surface area is 237 Å². The second-order valence-electron chi connectivity index (χ2n) is 11.2. The van der Waals surface area contributed by atoms with Crippen LogP contribution in [0.1, 0.15) is 181 Å². The van der Waals surface area contributed by atoms with Crippen LogP contribution in [0.5, 0.6) is 0 Å². The van der Waals surface area contributed by atoms with Crippen molar-refractivity contribution in [3.63, 3.8) is 0 Å². The number of rotatable bonds is 30. The molecule has 4 heteroatoms. The maximum absolute atomic E-state index is 10.7. The number of hydrogen-bond acceptors (Lipinski definition) is 4. The summed E-state index contributed by atoms with van der Waals surface area (Å²) in [5.74, 6) is -0.314. The fourth-order valence-electron chi connectivity index (χ4n) is 4.93. The molecule has 0 atom stereocenters. The SMILES string of the molecule is CC(=O)OCCCCCCCCCCCCCC/C=C/CCCCCCCCCCCCCCOC(C)=O. The minimum Gasteiger partial charge on any atom is -0.466 e. The Hall–Kier alpha value is -1.32. The summed E-state index contributed by atoms with van der Waals surface area (Å²) in [6, 6.07) is 0.